The average molecular weight is 161 g/mol. The molecule has 0 unspecified atom stereocenters. The number of hydrogen-bond donors (Lipinski definition) is 0. The zero-order valence-corrected chi connectivity index (χ0v) is 4.78. The van der Waals surface area contributed by atoms with E-state index >= 15 is 0 Å². The van der Waals surface area contributed by atoms with Gasteiger partial charge in [0.25, 0.3) is 0 Å². The average Bonchev–Trinajstić information content (AvgIpc) is 1.86. The Labute approximate surface area is 53.0 Å². The van der Waals surface area contributed by atoms with Crippen molar-refractivity contribution < 1.29 is 27.3 Å². The molecule has 0 spiro atoms. The van der Waals surface area contributed by atoms with Gasteiger partial charge in [-0.3, -0.25) is 0 Å². The molecule has 0 aliphatic heterocycles. The molecule has 0 aliphatic carbocycles. The van der Waals surface area contributed by atoms with Crippen molar-refractivity contribution in [2.24, 2.45) is 0 Å². The number of nitrogens with zero attached hydrogens (tertiary/aromatic N) is 1. The standard InChI is InChI=1S/C3H3F4NO2/c1-10-2(9)3(4,5)8(6)7/h1H3. The summed E-state index contributed by atoms with van der Waals surface area (Å²) in [5.74, 6) is -2.29. The lowest BCUT2D eigenvalue weighted by molar-refractivity contribution is -0.322. The van der Waals surface area contributed by atoms with Gasteiger partial charge in [0.15, 0.2) is 0 Å². The van der Waals surface area contributed by atoms with Crippen LogP contribution in [0.4, 0.5) is 17.7 Å². The van der Waals surface area contributed by atoms with Crippen molar-refractivity contribution in [1.82, 2.24) is 5.34 Å². The van der Waals surface area contributed by atoms with Gasteiger partial charge in [0.2, 0.25) is 0 Å². The molecule has 0 heterocycles. The molecule has 0 atom stereocenters. The fourth-order valence-corrected chi connectivity index (χ4v) is 0.192. The second-order valence-electron chi connectivity index (χ2n) is 1.27. The van der Waals surface area contributed by atoms with Crippen molar-refractivity contribution in [3.8, 4) is 0 Å². The maximum absolute atomic E-state index is 11.6. The Morgan fingerprint density at radius 2 is 1.90 bits per heavy atom. The molecule has 0 aromatic carbocycles. The Bertz CT molecular complexity index is 136. The Hall–Kier alpha value is -0.850. The molecular formula is C3H3F4NO2. The minimum atomic E-state index is -4.85. The lowest BCUT2D eigenvalue weighted by atomic mass is 10.6. The number of hydrogen-bond acceptors (Lipinski definition) is 3. The van der Waals surface area contributed by atoms with Crippen LogP contribution in [0.1, 0.15) is 0 Å². The van der Waals surface area contributed by atoms with Crippen molar-refractivity contribution in [2.75, 3.05) is 7.11 Å². The summed E-state index contributed by atoms with van der Waals surface area (Å²) in [6, 6.07) is -4.85. The lowest BCUT2D eigenvalue weighted by Gasteiger charge is -2.11. The van der Waals surface area contributed by atoms with Gasteiger partial charge in [-0.05, 0) is 0 Å². The maximum atomic E-state index is 11.6. The van der Waals surface area contributed by atoms with E-state index in [9.17, 15) is 22.5 Å². The number of carbonyl (C=O) groups is 1. The van der Waals surface area contributed by atoms with Gasteiger partial charge < -0.3 is 4.74 Å². The fraction of sp³-hybridized carbons (Fsp3) is 0.667. The van der Waals surface area contributed by atoms with Crippen LogP contribution in [0, 0.1) is 0 Å². The molecule has 0 aromatic heterocycles. The Kier molecular flexibility index (Phi) is 2.58. The van der Waals surface area contributed by atoms with E-state index in [4.69, 9.17) is 0 Å². The van der Waals surface area contributed by atoms with E-state index in [1.165, 1.54) is 0 Å². The molecule has 10 heavy (non-hydrogen) atoms. The highest BCUT2D eigenvalue weighted by Crippen LogP contribution is 2.21. The largest absolute Gasteiger partial charge is 0.463 e. The minimum Gasteiger partial charge on any atom is -0.463 e. The zero-order valence-electron chi connectivity index (χ0n) is 4.78. The summed E-state index contributed by atoms with van der Waals surface area (Å²) in [7, 11) is 0.583. The summed E-state index contributed by atoms with van der Waals surface area (Å²) in [6.07, 6.45) is 0. The number of ether oxygens (including phenoxy) is 1. The van der Waals surface area contributed by atoms with Gasteiger partial charge in [-0.2, -0.15) is 8.78 Å². The van der Waals surface area contributed by atoms with Crippen molar-refractivity contribution in [3.63, 3.8) is 0 Å². The van der Waals surface area contributed by atoms with Gasteiger partial charge in [0.1, 0.15) is 5.34 Å². The maximum Gasteiger partial charge on any atom is 0.454 e. The predicted octanol–water partition coefficient (Wildman–Crippen LogP) is 0.823. The molecule has 0 fully saturated rings. The van der Waals surface area contributed by atoms with Crippen molar-refractivity contribution in [3.05, 3.63) is 0 Å². The molecular weight excluding hydrogens is 158 g/mol. The fourth-order valence-electron chi connectivity index (χ4n) is 0.192. The van der Waals surface area contributed by atoms with Crippen LogP contribution in [0.3, 0.4) is 0 Å². The molecule has 0 rings (SSSR count). The molecule has 0 radical (unpaired) electrons. The van der Waals surface area contributed by atoms with Crippen LogP contribution in [0.25, 0.3) is 0 Å². The first-order chi connectivity index (χ1) is 4.42. The lowest BCUT2D eigenvalue weighted by Crippen LogP contribution is -2.39. The van der Waals surface area contributed by atoms with Gasteiger partial charge in [-0.25, -0.2) is 4.79 Å². The van der Waals surface area contributed by atoms with E-state index in [-0.39, 0.29) is 0 Å². The molecule has 3 nitrogen and oxygen atoms in total. The van der Waals surface area contributed by atoms with Crippen LogP contribution in [-0.2, 0) is 9.53 Å². The molecule has 0 amide bonds. The van der Waals surface area contributed by atoms with Gasteiger partial charge in [0.05, 0.1) is 7.11 Å². The molecule has 0 aromatic rings. The molecule has 7 heteroatoms. The summed E-state index contributed by atoms with van der Waals surface area (Å²) in [5.41, 5.74) is 0. The van der Waals surface area contributed by atoms with Crippen LogP contribution >= 0.6 is 0 Å². The van der Waals surface area contributed by atoms with E-state index in [2.05, 4.69) is 4.74 Å². The monoisotopic (exact) mass is 161 g/mol. The van der Waals surface area contributed by atoms with Crippen molar-refractivity contribution in [1.29, 1.82) is 0 Å². The topological polar surface area (TPSA) is 29.5 Å². The van der Waals surface area contributed by atoms with Crippen LogP contribution in [0.15, 0.2) is 0 Å². The number of alkyl halides is 2. The first-order valence-corrected chi connectivity index (χ1v) is 2.01. The molecule has 0 bridgehead atoms. The Balaban J connectivity index is 4.24. The van der Waals surface area contributed by atoms with Crippen molar-refractivity contribution in [2.45, 2.75) is 6.05 Å². The molecule has 0 saturated carbocycles. The third-order valence-corrected chi connectivity index (χ3v) is 0.643. The third kappa shape index (κ3) is 1.56. The SMILES string of the molecule is COC(=O)C(F)(F)N(F)F. The number of methoxy groups -OCH3 is 1. The number of carbonyl (C=O) groups excluding carboxylic acids is 1. The summed E-state index contributed by atoms with van der Waals surface area (Å²) >= 11 is 0. The van der Waals surface area contributed by atoms with Gasteiger partial charge in [-0.15, -0.1) is 0 Å². The second kappa shape index (κ2) is 2.82. The van der Waals surface area contributed by atoms with Crippen LogP contribution < -0.4 is 0 Å². The highest BCUT2D eigenvalue weighted by Gasteiger charge is 2.49. The summed E-state index contributed by atoms with van der Waals surface area (Å²) in [5, 5.41) is -2.52. The first-order valence-electron chi connectivity index (χ1n) is 2.01. The van der Waals surface area contributed by atoms with E-state index in [0.29, 0.717) is 7.11 Å². The predicted molar refractivity (Wildman–Crippen MR) is 21.0 cm³/mol. The van der Waals surface area contributed by atoms with Gasteiger partial charge in [-0.1, -0.05) is 8.96 Å². The minimum absolute atomic E-state index is 0.583. The van der Waals surface area contributed by atoms with E-state index in [0.717, 1.165) is 0 Å². The normalized spacial score (nSPS) is 11.8. The molecule has 0 saturated heterocycles. The molecule has 60 valence electrons. The second-order valence-corrected chi connectivity index (χ2v) is 1.27. The smallest absolute Gasteiger partial charge is 0.454 e. The first kappa shape index (κ1) is 9.15. The Morgan fingerprint density at radius 1 is 1.50 bits per heavy atom. The number of esters is 1. The molecule has 0 aliphatic rings. The van der Waals surface area contributed by atoms with Gasteiger partial charge >= 0.3 is 12.0 Å². The van der Waals surface area contributed by atoms with Crippen LogP contribution in [-0.4, -0.2) is 24.5 Å². The molecule has 0 N–H and O–H groups in total. The number of rotatable bonds is 2. The van der Waals surface area contributed by atoms with E-state index < -0.39 is 17.4 Å². The van der Waals surface area contributed by atoms with Crippen molar-refractivity contribution >= 4 is 5.97 Å². The summed E-state index contributed by atoms with van der Waals surface area (Å²) < 4.78 is 48.7. The van der Waals surface area contributed by atoms with Gasteiger partial charge in [0, 0.05) is 0 Å². The zero-order chi connectivity index (χ0) is 8.36. The van der Waals surface area contributed by atoms with E-state index in [1.54, 1.807) is 0 Å². The van der Waals surface area contributed by atoms with Crippen LogP contribution in [0.5, 0.6) is 0 Å². The quantitative estimate of drug-likeness (QED) is 0.260. The summed E-state index contributed by atoms with van der Waals surface area (Å²) in [6.45, 7) is 0. The van der Waals surface area contributed by atoms with E-state index in [1.807, 2.05) is 0 Å². The highest BCUT2D eigenvalue weighted by atomic mass is 19.4. The number of halogens is 4. The summed E-state index contributed by atoms with van der Waals surface area (Å²) in [4.78, 5) is 9.78. The third-order valence-electron chi connectivity index (χ3n) is 0.643. The highest BCUT2D eigenvalue weighted by molar-refractivity contribution is 5.76. The Morgan fingerprint density at radius 3 is 2.00 bits per heavy atom. The van der Waals surface area contributed by atoms with Crippen LogP contribution in [0.2, 0.25) is 0 Å².